The van der Waals surface area contributed by atoms with Crippen LogP contribution in [0.25, 0.3) is 10.8 Å². The molecule has 2 aromatic heterocycles. The zero-order chi connectivity index (χ0) is 17.6. The minimum atomic E-state index is -0.111. The van der Waals surface area contributed by atoms with Crippen molar-refractivity contribution < 1.29 is 13.9 Å². The SMILES string of the molecule is COCCN(Cc1nnc(-c2cccs2)o1)C(=O)c1ccc(Br)cc1. The summed E-state index contributed by atoms with van der Waals surface area (Å²) in [7, 11) is 1.60. The molecule has 8 heteroatoms. The van der Waals surface area contributed by atoms with Gasteiger partial charge in [-0.15, -0.1) is 21.5 Å². The van der Waals surface area contributed by atoms with Crippen LogP contribution < -0.4 is 0 Å². The molecule has 6 nitrogen and oxygen atoms in total. The van der Waals surface area contributed by atoms with Crippen LogP contribution in [-0.2, 0) is 11.3 Å². The van der Waals surface area contributed by atoms with Crippen LogP contribution >= 0.6 is 27.3 Å². The number of amides is 1. The summed E-state index contributed by atoms with van der Waals surface area (Å²) in [5.74, 6) is 0.748. The summed E-state index contributed by atoms with van der Waals surface area (Å²) in [6.45, 7) is 1.09. The molecule has 0 aliphatic rings. The molecule has 0 saturated carbocycles. The number of methoxy groups -OCH3 is 1. The number of thiophene rings is 1. The van der Waals surface area contributed by atoms with Gasteiger partial charge in [0.15, 0.2) is 0 Å². The first-order valence-electron chi connectivity index (χ1n) is 7.57. The van der Waals surface area contributed by atoms with E-state index in [-0.39, 0.29) is 12.5 Å². The second kappa shape index (κ2) is 8.37. The van der Waals surface area contributed by atoms with Crippen LogP contribution in [0.3, 0.4) is 0 Å². The summed E-state index contributed by atoms with van der Waals surface area (Å²) >= 11 is 4.90. The zero-order valence-corrected chi connectivity index (χ0v) is 15.9. The minimum Gasteiger partial charge on any atom is -0.418 e. The van der Waals surface area contributed by atoms with Crippen molar-refractivity contribution in [1.82, 2.24) is 15.1 Å². The summed E-state index contributed by atoms with van der Waals surface area (Å²) in [5.41, 5.74) is 0.595. The number of rotatable bonds is 7. The number of ether oxygens (including phenoxy) is 1. The molecule has 130 valence electrons. The molecule has 0 radical (unpaired) electrons. The fourth-order valence-corrected chi connectivity index (χ4v) is 3.12. The first-order chi connectivity index (χ1) is 12.2. The van der Waals surface area contributed by atoms with Gasteiger partial charge in [-0.2, -0.15) is 0 Å². The molecule has 0 bridgehead atoms. The zero-order valence-electron chi connectivity index (χ0n) is 13.5. The number of aromatic nitrogens is 2. The number of carbonyl (C=O) groups excluding carboxylic acids is 1. The number of hydrogen-bond donors (Lipinski definition) is 0. The standard InChI is InChI=1S/C17H16BrN3O3S/c1-23-9-8-21(17(22)12-4-6-13(18)7-5-12)11-15-19-20-16(24-15)14-3-2-10-25-14/h2-7,10H,8-9,11H2,1H3. The Morgan fingerprint density at radius 3 is 2.76 bits per heavy atom. The quantitative estimate of drug-likeness (QED) is 0.579. The summed E-state index contributed by atoms with van der Waals surface area (Å²) in [6.07, 6.45) is 0. The molecule has 0 aliphatic carbocycles. The van der Waals surface area contributed by atoms with E-state index in [0.717, 1.165) is 9.35 Å². The van der Waals surface area contributed by atoms with Crippen LogP contribution in [0.5, 0.6) is 0 Å². The lowest BCUT2D eigenvalue weighted by Crippen LogP contribution is -2.33. The van der Waals surface area contributed by atoms with Crippen LogP contribution in [0.15, 0.2) is 50.7 Å². The van der Waals surface area contributed by atoms with Crippen LogP contribution in [0.1, 0.15) is 16.2 Å². The average Bonchev–Trinajstić information content (AvgIpc) is 3.30. The van der Waals surface area contributed by atoms with E-state index < -0.39 is 0 Å². The van der Waals surface area contributed by atoms with Crippen LogP contribution in [0, 0.1) is 0 Å². The monoisotopic (exact) mass is 421 g/mol. The third-order valence-corrected chi connectivity index (χ3v) is 4.86. The van der Waals surface area contributed by atoms with Gasteiger partial charge in [-0.05, 0) is 35.7 Å². The van der Waals surface area contributed by atoms with Gasteiger partial charge in [-0.3, -0.25) is 4.79 Å². The van der Waals surface area contributed by atoms with Gasteiger partial charge < -0.3 is 14.1 Å². The number of benzene rings is 1. The van der Waals surface area contributed by atoms with Crippen molar-refractivity contribution >= 4 is 33.2 Å². The van der Waals surface area contributed by atoms with Gasteiger partial charge in [0, 0.05) is 23.7 Å². The highest BCUT2D eigenvalue weighted by Gasteiger charge is 2.19. The third kappa shape index (κ3) is 4.53. The molecule has 0 spiro atoms. The number of nitrogens with zero attached hydrogens (tertiary/aromatic N) is 3. The molecule has 3 rings (SSSR count). The normalized spacial score (nSPS) is 10.8. The molecule has 0 fully saturated rings. The first kappa shape index (κ1) is 17.8. The highest BCUT2D eigenvalue weighted by atomic mass is 79.9. The largest absolute Gasteiger partial charge is 0.418 e. The molecule has 0 unspecified atom stereocenters. The van der Waals surface area contributed by atoms with Gasteiger partial charge in [0.25, 0.3) is 11.8 Å². The Labute approximate surface area is 157 Å². The van der Waals surface area contributed by atoms with Gasteiger partial charge in [0.2, 0.25) is 5.89 Å². The van der Waals surface area contributed by atoms with Crippen molar-refractivity contribution in [3.8, 4) is 10.8 Å². The van der Waals surface area contributed by atoms with Gasteiger partial charge >= 0.3 is 0 Å². The lowest BCUT2D eigenvalue weighted by molar-refractivity contribution is 0.0663. The number of hydrogen-bond acceptors (Lipinski definition) is 6. The molecule has 25 heavy (non-hydrogen) atoms. The topological polar surface area (TPSA) is 68.5 Å². The Balaban J connectivity index is 1.76. The van der Waals surface area contributed by atoms with E-state index >= 15 is 0 Å². The third-order valence-electron chi connectivity index (χ3n) is 3.47. The fraction of sp³-hybridized carbons (Fsp3) is 0.235. The molecule has 0 atom stereocenters. The Kier molecular flexibility index (Phi) is 5.95. The lowest BCUT2D eigenvalue weighted by Gasteiger charge is -2.20. The van der Waals surface area contributed by atoms with E-state index in [1.165, 1.54) is 11.3 Å². The van der Waals surface area contributed by atoms with Crippen molar-refractivity contribution in [2.45, 2.75) is 6.54 Å². The van der Waals surface area contributed by atoms with Crippen molar-refractivity contribution in [1.29, 1.82) is 0 Å². The van der Waals surface area contributed by atoms with Gasteiger partial charge in [0.1, 0.15) is 0 Å². The lowest BCUT2D eigenvalue weighted by atomic mass is 10.2. The Morgan fingerprint density at radius 2 is 2.08 bits per heavy atom. The first-order valence-corrected chi connectivity index (χ1v) is 9.24. The maximum atomic E-state index is 12.8. The van der Waals surface area contributed by atoms with E-state index in [2.05, 4.69) is 26.1 Å². The molecular formula is C17H16BrN3O3S. The molecule has 3 aromatic rings. The Hall–Kier alpha value is -2.03. The number of halogens is 1. The second-order valence-electron chi connectivity index (χ2n) is 5.20. The minimum absolute atomic E-state index is 0.111. The maximum Gasteiger partial charge on any atom is 0.257 e. The Bertz CT molecular complexity index is 818. The molecular weight excluding hydrogens is 406 g/mol. The highest BCUT2D eigenvalue weighted by molar-refractivity contribution is 9.10. The molecule has 0 saturated heterocycles. The highest BCUT2D eigenvalue weighted by Crippen LogP contribution is 2.23. The van der Waals surface area contributed by atoms with Crippen LogP contribution in [0.2, 0.25) is 0 Å². The van der Waals surface area contributed by atoms with Crippen molar-refractivity contribution in [2.75, 3.05) is 20.3 Å². The van der Waals surface area contributed by atoms with E-state index in [9.17, 15) is 4.79 Å². The van der Waals surface area contributed by atoms with Crippen molar-refractivity contribution in [3.05, 3.63) is 57.7 Å². The predicted molar refractivity (Wildman–Crippen MR) is 98.4 cm³/mol. The Morgan fingerprint density at radius 1 is 1.28 bits per heavy atom. The molecule has 1 amide bonds. The van der Waals surface area contributed by atoms with E-state index in [1.807, 2.05) is 29.6 Å². The molecule has 2 heterocycles. The summed E-state index contributed by atoms with van der Waals surface area (Å²) < 4.78 is 11.7. The van der Waals surface area contributed by atoms with Crippen molar-refractivity contribution in [3.63, 3.8) is 0 Å². The smallest absolute Gasteiger partial charge is 0.257 e. The van der Waals surface area contributed by atoms with Crippen LogP contribution in [-0.4, -0.2) is 41.3 Å². The average molecular weight is 422 g/mol. The summed E-state index contributed by atoms with van der Waals surface area (Å²) in [6, 6.07) is 11.1. The maximum absolute atomic E-state index is 12.8. The second-order valence-corrected chi connectivity index (χ2v) is 7.07. The van der Waals surface area contributed by atoms with E-state index in [1.54, 1.807) is 24.1 Å². The molecule has 0 aliphatic heterocycles. The van der Waals surface area contributed by atoms with Gasteiger partial charge in [-0.25, -0.2) is 0 Å². The summed E-state index contributed by atoms with van der Waals surface area (Å²) in [4.78, 5) is 15.3. The number of carbonyl (C=O) groups is 1. The van der Waals surface area contributed by atoms with E-state index in [0.29, 0.717) is 30.5 Å². The van der Waals surface area contributed by atoms with Gasteiger partial charge in [0.05, 0.1) is 18.0 Å². The van der Waals surface area contributed by atoms with Gasteiger partial charge in [-0.1, -0.05) is 22.0 Å². The fourth-order valence-electron chi connectivity index (χ4n) is 2.21. The molecule has 1 aromatic carbocycles. The summed E-state index contributed by atoms with van der Waals surface area (Å²) in [5, 5.41) is 10.1. The van der Waals surface area contributed by atoms with Crippen LogP contribution in [0.4, 0.5) is 0 Å². The van der Waals surface area contributed by atoms with Crippen molar-refractivity contribution in [2.24, 2.45) is 0 Å². The predicted octanol–water partition coefficient (Wildman–Crippen LogP) is 3.85. The van der Waals surface area contributed by atoms with E-state index in [4.69, 9.17) is 9.15 Å². The molecule has 0 N–H and O–H groups in total.